The summed E-state index contributed by atoms with van der Waals surface area (Å²) < 4.78 is 24.2. The number of carbonyl (C=O) groups is 2. The van der Waals surface area contributed by atoms with E-state index in [-0.39, 0.29) is 40.7 Å². The summed E-state index contributed by atoms with van der Waals surface area (Å²) in [6, 6.07) is 4.14. The molecule has 0 saturated carbocycles. The molecule has 0 radical (unpaired) electrons. The largest absolute Gasteiger partial charge is 0.471 e. The normalized spacial score (nSPS) is 14.4. The van der Waals surface area contributed by atoms with Crippen molar-refractivity contribution in [3.8, 4) is 5.88 Å². The highest BCUT2D eigenvalue weighted by atomic mass is 32.2. The number of rotatable bonds is 10. The highest BCUT2D eigenvalue weighted by Gasteiger charge is 2.38. The van der Waals surface area contributed by atoms with Crippen LogP contribution >= 0.6 is 11.8 Å². The number of nitrogens with zero attached hydrogens (tertiary/aromatic N) is 3. The molecule has 0 unspecified atom stereocenters. The van der Waals surface area contributed by atoms with Crippen LogP contribution < -0.4 is 21.1 Å². The van der Waals surface area contributed by atoms with Gasteiger partial charge < -0.3 is 25.8 Å². The molecule has 4 N–H and O–H groups in total. The zero-order valence-corrected chi connectivity index (χ0v) is 23.0. The zero-order valence-electron chi connectivity index (χ0n) is 22.2. The maximum atomic E-state index is 14.8. The van der Waals surface area contributed by atoms with Gasteiger partial charge in [0.1, 0.15) is 22.4 Å². The van der Waals surface area contributed by atoms with E-state index in [1.165, 1.54) is 37.6 Å². The van der Waals surface area contributed by atoms with Crippen LogP contribution in [0.25, 0.3) is 0 Å². The molecule has 1 aromatic carbocycles. The predicted octanol–water partition coefficient (Wildman–Crippen LogP) is 3.18. The summed E-state index contributed by atoms with van der Waals surface area (Å²) in [7, 11) is 3.08. The third kappa shape index (κ3) is 9.29. The zero-order chi connectivity index (χ0) is 27.8. The first-order chi connectivity index (χ1) is 17.3. The minimum atomic E-state index is -1.17. The molecule has 10 nitrogen and oxygen atoms in total. The molecule has 12 heteroatoms. The van der Waals surface area contributed by atoms with Crippen molar-refractivity contribution in [1.29, 1.82) is 0 Å². The molecule has 2 aromatic rings. The number of ether oxygens (including phenoxy) is 2. The summed E-state index contributed by atoms with van der Waals surface area (Å²) in [6.07, 6.45) is 2.39. The highest BCUT2D eigenvalue weighted by Crippen LogP contribution is 2.32. The number of hydrogen-bond donors (Lipinski definition) is 3. The smallest absolute Gasteiger partial charge is 0.275 e. The predicted molar refractivity (Wildman–Crippen MR) is 143 cm³/mol. The Labute approximate surface area is 221 Å². The molecular weight excluding hydrogens is 499 g/mol. The third-order valence-electron chi connectivity index (χ3n) is 4.93. The van der Waals surface area contributed by atoms with Crippen molar-refractivity contribution in [2.75, 3.05) is 26.1 Å². The minimum Gasteiger partial charge on any atom is -0.471 e. The molecule has 37 heavy (non-hydrogen) atoms. The quantitative estimate of drug-likeness (QED) is 0.312. The number of nitrogens with one attached hydrogen (secondary N) is 2. The Hall–Kier alpha value is -3.25. The Kier molecular flexibility index (Phi) is 10.4. The van der Waals surface area contributed by atoms with E-state index in [1.54, 1.807) is 14.0 Å². The number of amidine groups is 1. The average Bonchev–Trinajstić information content (AvgIpc) is 2.80. The van der Waals surface area contributed by atoms with Crippen molar-refractivity contribution in [2.45, 2.75) is 57.4 Å². The fourth-order valence-corrected chi connectivity index (χ4v) is 4.15. The number of nitrogens with two attached hydrogens (primary N) is 1. The summed E-state index contributed by atoms with van der Waals surface area (Å²) in [5.41, 5.74) is 6.02. The van der Waals surface area contributed by atoms with Crippen LogP contribution in [0.2, 0.25) is 0 Å². The number of benzene rings is 1. The van der Waals surface area contributed by atoms with Crippen LogP contribution in [0, 0.1) is 5.82 Å². The fraction of sp³-hybridized carbons (Fsp3) is 0.480. The number of aliphatic imine (C=N–C) groups is 1. The van der Waals surface area contributed by atoms with Crippen molar-refractivity contribution in [3.05, 3.63) is 47.7 Å². The Balaban J connectivity index is 2.22. The lowest BCUT2D eigenvalue weighted by molar-refractivity contribution is -0.124. The number of halogens is 1. The lowest BCUT2D eigenvalue weighted by atomic mass is 9.96. The van der Waals surface area contributed by atoms with E-state index in [0.29, 0.717) is 12.3 Å². The van der Waals surface area contributed by atoms with Gasteiger partial charge in [-0.1, -0.05) is 11.8 Å². The van der Waals surface area contributed by atoms with Crippen LogP contribution in [0.4, 0.5) is 10.1 Å². The minimum absolute atomic E-state index is 0.00313. The molecule has 0 fully saturated rings. The van der Waals surface area contributed by atoms with Gasteiger partial charge in [0.15, 0.2) is 5.17 Å². The molecule has 1 aromatic heterocycles. The van der Waals surface area contributed by atoms with E-state index in [4.69, 9.17) is 15.2 Å². The third-order valence-corrected chi connectivity index (χ3v) is 6.11. The Bertz CT molecular complexity index is 1120. The van der Waals surface area contributed by atoms with E-state index >= 15 is 0 Å². The summed E-state index contributed by atoms with van der Waals surface area (Å²) >= 11 is 1.05. The maximum absolute atomic E-state index is 14.8. The van der Waals surface area contributed by atoms with Gasteiger partial charge in [0.2, 0.25) is 11.8 Å². The molecule has 2 amide bonds. The molecule has 2 rings (SSSR count). The number of amides is 2. The molecule has 0 bridgehead atoms. The second kappa shape index (κ2) is 12.8. The van der Waals surface area contributed by atoms with Gasteiger partial charge in [-0.05, 0) is 64.8 Å². The fourth-order valence-electron chi connectivity index (χ4n) is 3.23. The van der Waals surface area contributed by atoms with Gasteiger partial charge in [0.25, 0.3) is 5.91 Å². The van der Waals surface area contributed by atoms with Gasteiger partial charge in [-0.25, -0.2) is 14.4 Å². The lowest BCUT2D eigenvalue weighted by Gasteiger charge is -2.32. The number of hydrogen-bond acceptors (Lipinski definition) is 8. The van der Waals surface area contributed by atoms with Crippen molar-refractivity contribution in [2.24, 2.45) is 10.7 Å². The van der Waals surface area contributed by atoms with E-state index < -0.39 is 22.0 Å². The van der Waals surface area contributed by atoms with Crippen molar-refractivity contribution >= 4 is 34.4 Å². The summed E-state index contributed by atoms with van der Waals surface area (Å²) in [6.45, 7) is 9.43. The highest BCUT2D eigenvalue weighted by molar-refractivity contribution is 8.15. The number of aromatic nitrogens is 2. The van der Waals surface area contributed by atoms with Crippen LogP contribution in [0.3, 0.4) is 0 Å². The second-order valence-corrected chi connectivity index (χ2v) is 11.2. The average molecular weight is 535 g/mol. The summed E-state index contributed by atoms with van der Waals surface area (Å²) in [5, 5.41) is 5.81. The Morgan fingerprint density at radius 2 is 1.92 bits per heavy atom. The van der Waals surface area contributed by atoms with Gasteiger partial charge in [-0.3, -0.25) is 14.6 Å². The number of methoxy groups -OCH3 is 1. The van der Waals surface area contributed by atoms with Gasteiger partial charge in [0.05, 0.1) is 19.0 Å². The van der Waals surface area contributed by atoms with Crippen molar-refractivity contribution < 1.29 is 23.5 Å². The SMILES string of the molecule is CN=C(N)S[C@](C)(Cc1cc(NC(=O)c2cnc(O[C@@H](C)COC)cn2)ccc1F)C(=O)NC(C)(C)C. The number of anilines is 1. The van der Waals surface area contributed by atoms with Gasteiger partial charge >= 0.3 is 0 Å². The standard InChI is InChI=1S/C25H35FN6O4S/c1-15(14-35-7)36-20-13-29-19(12-30-20)21(33)31-17-8-9-18(26)16(10-17)11-25(5,37-23(27)28-6)22(34)32-24(2,3)4/h8-10,12-13,15H,11,14H2,1-7H3,(H2,27,28)(H,31,33)(H,32,34)/t15-,25+/m0/s1. The number of carbonyl (C=O) groups excluding carboxylic acids is 2. The topological polar surface area (TPSA) is 141 Å². The van der Waals surface area contributed by atoms with E-state index in [1.807, 2.05) is 27.7 Å². The number of thioether (sulfide) groups is 1. The van der Waals surface area contributed by atoms with Crippen LogP contribution in [-0.2, 0) is 16.0 Å². The molecule has 0 aliphatic heterocycles. The van der Waals surface area contributed by atoms with Crippen molar-refractivity contribution in [3.63, 3.8) is 0 Å². The second-order valence-electron chi connectivity index (χ2n) is 9.66. The first kappa shape index (κ1) is 30.0. The van der Waals surface area contributed by atoms with Crippen LogP contribution in [0.1, 0.15) is 50.7 Å². The van der Waals surface area contributed by atoms with Gasteiger partial charge in [-0.2, -0.15) is 0 Å². The summed E-state index contributed by atoms with van der Waals surface area (Å²) in [5.74, 6) is -1.12. The summed E-state index contributed by atoms with van der Waals surface area (Å²) in [4.78, 5) is 38.0. The lowest BCUT2D eigenvalue weighted by Crippen LogP contribution is -2.51. The van der Waals surface area contributed by atoms with Crippen LogP contribution in [0.5, 0.6) is 5.88 Å². The first-order valence-electron chi connectivity index (χ1n) is 11.6. The molecule has 0 saturated heterocycles. The molecule has 0 aliphatic carbocycles. The van der Waals surface area contributed by atoms with Crippen LogP contribution in [0.15, 0.2) is 35.6 Å². The Morgan fingerprint density at radius 1 is 1.22 bits per heavy atom. The Morgan fingerprint density at radius 3 is 2.49 bits per heavy atom. The van der Waals surface area contributed by atoms with Gasteiger partial charge in [0, 0.05) is 25.4 Å². The van der Waals surface area contributed by atoms with Crippen LogP contribution in [-0.4, -0.2) is 64.1 Å². The van der Waals surface area contributed by atoms with E-state index in [9.17, 15) is 14.0 Å². The van der Waals surface area contributed by atoms with E-state index in [2.05, 4.69) is 25.6 Å². The van der Waals surface area contributed by atoms with E-state index in [0.717, 1.165) is 11.8 Å². The maximum Gasteiger partial charge on any atom is 0.275 e. The molecule has 0 spiro atoms. The molecule has 1 heterocycles. The molecule has 202 valence electrons. The molecular formula is C25H35FN6O4S. The first-order valence-corrected chi connectivity index (χ1v) is 12.4. The molecule has 2 atom stereocenters. The monoisotopic (exact) mass is 534 g/mol. The van der Waals surface area contributed by atoms with Crippen molar-refractivity contribution in [1.82, 2.24) is 15.3 Å². The van der Waals surface area contributed by atoms with Gasteiger partial charge in [-0.15, -0.1) is 0 Å². The molecule has 0 aliphatic rings.